The summed E-state index contributed by atoms with van der Waals surface area (Å²) in [6.45, 7) is 3.44. The van der Waals surface area contributed by atoms with Crippen molar-refractivity contribution in [3.8, 4) is 23.0 Å². The second-order valence-corrected chi connectivity index (χ2v) is 8.05. The number of benzene rings is 3. The lowest BCUT2D eigenvalue weighted by atomic mass is 9.85. The second-order valence-electron chi connectivity index (χ2n) is 8.05. The average Bonchev–Trinajstić information content (AvgIpc) is 2.90. The van der Waals surface area contributed by atoms with Crippen molar-refractivity contribution >= 4 is 29.6 Å². The number of phenolic OH excluding ortho intramolecular Hbond substituents is 4. The number of rotatable bonds is 10. The zero-order valence-corrected chi connectivity index (χ0v) is 19.6. The standard InChI is InChI=1S/C29H25NO7/c1-2-27(37)30-29(20-6-4-3-5-7-20)28(23(33)14-10-18-8-12-21(31)25(35)16-18)24(34)15-11-19-9-13-22(32)26(36)17-19/h2-17,28-29,31-32,35-36H,1H2,(H,30,37). The lowest BCUT2D eigenvalue weighted by molar-refractivity contribution is -0.129. The molecule has 3 rings (SSSR count). The van der Waals surface area contributed by atoms with Gasteiger partial charge in [-0.1, -0.05) is 61.2 Å². The highest BCUT2D eigenvalue weighted by Gasteiger charge is 2.34. The molecule has 5 N–H and O–H groups in total. The Morgan fingerprint density at radius 1 is 0.703 bits per heavy atom. The fraction of sp³-hybridized carbons (Fsp3) is 0.0690. The van der Waals surface area contributed by atoms with Gasteiger partial charge in [-0.15, -0.1) is 0 Å². The van der Waals surface area contributed by atoms with Gasteiger partial charge in [-0.3, -0.25) is 14.4 Å². The normalized spacial score (nSPS) is 12.8. The van der Waals surface area contributed by atoms with Gasteiger partial charge in [0.25, 0.3) is 0 Å². The summed E-state index contributed by atoms with van der Waals surface area (Å²) in [5, 5.41) is 41.1. The molecular formula is C29H25NO7. The van der Waals surface area contributed by atoms with Crippen molar-refractivity contribution in [3.05, 3.63) is 108 Å². The van der Waals surface area contributed by atoms with Crippen LogP contribution in [0.1, 0.15) is 22.7 Å². The first kappa shape index (κ1) is 26.5. The number of carbonyl (C=O) groups excluding carboxylic acids is 3. The van der Waals surface area contributed by atoms with E-state index in [-0.39, 0.29) is 23.0 Å². The summed E-state index contributed by atoms with van der Waals surface area (Å²) in [5.41, 5.74) is 1.31. The summed E-state index contributed by atoms with van der Waals surface area (Å²) in [6.07, 6.45) is 6.10. The largest absolute Gasteiger partial charge is 0.504 e. The number of amides is 1. The van der Waals surface area contributed by atoms with Crippen LogP contribution in [0.15, 0.2) is 91.5 Å². The Kier molecular flexibility index (Phi) is 8.62. The van der Waals surface area contributed by atoms with Gasteiger partial charge < -0.3 is 25.7 Å². The Labute approximate surface area is 213 Å². The van der Waals surface area contributed by atoms with Gasteiger partial charge in [0.15, 0.2) is 34.6 Å². The van der Waals surface area contributed by atoms with Crippen LogP contribution in [0.5, 0.6) is 23.0 Å². The van der Waals surface area contributed by atoms with Gasteiger partial charge in [0.05, 0.1) is 6.04 Å². The smallest absolute Gasteiger partial charge is 0.243 e. The molecule has 0 saturated carbocycles. The van der Waals surface area contributed by atoms with Gasteiger partial charge in [0.2, 0.25) is 5.91 Å². The molecule has 0 radical (unpaired) electrons. The van der Waals surface area contributed by atoms with Crippen LogP contribution in [0.25, 0.3) is 12.2 Å². The number of aromatic hydroxyl groups is 4. The van der Waals surface area contributed by atoms with E-state index in [9.17, 15) is 34.8 Å². The van der Waals surface area contributed by atoms with Gasteiger partial charge in [0, 0.05) is 0 Å². The maximum Gasteiger partial charge on any atom is 0.243 e. The van der Waals surface area contributed by atoms with Crippen LogP contribution in [0, 0.1) is 5.92 Å². The predicted octanol–water partition coefficient (Wildman–Crippen LogP) is 4.03. The van der Waals surface area contributed by atoms with E-state index in [1.165, 1.54) is 48.6 Å². The van der Waals surface area contributed by atoms with Crippen molar-refractivity contribution in [3.63, 3.8) is 0 Å². The zero-order valence-electron chi connectivity index (χ0n) is 19.6. The molecular weight excluding hydrogens is 474 g/mol. The number of carbonyl (C=O) groups is 3. The molecule has 8 heteroatoms. The van der Waals surface area contributed by atoms with E-state index in [2.05, 4.69) is 11.9 Å². The molecule has 0 aliphatic heterocycles. The molecule has 1 atom stereocenters. The van der Waals surface area contributed by atoms with Crippen LogP contribution in [0.3, 0.4) is 0 Å². The molecule has 0 fully saturated rings. The van der Waals surface area contributed by atoms with Crippen LogP contribution in [0.4, 0.5) is 0 Å². The third-order valence-electron chi connectivity index (χ3n) is 5.47. The van der Waals surface area contributed by atoms with E-state index >= 15 is 0 Å². The Hall–Kier alpha value is -5.11. The molecule has 0 aromatic heterocycles. The van der Waals surface area contributed by atoms with Crippen LogP contribution in [-0.4, -0.2) is 37.9 Å². The van der Waals surface area contributed by atoms with Crippen LogP contribution >= 0.6 is 0 Å². The minimum atomic E-state index is -1.38. The van der Waals surface area contributed by atoms with Crippen LogP contribution in [-0.2, 0) is 14.4 Å². The van der Waals surface area contributed by atoms with E-state index in [4.69, 9.17) is 0 Å². The summed E-state index contributed by atoms with van der Waals surface area (Å²) in [5.74, 6) is -4.61. The minimum Gasteiger partial charge on any atom is -0.504 e. The molecule has 0 heterocycles. The van der Waals surface area contributed by atoms with E-state index in [0.29, 0.717) is 16.7 Å². The van der Waals surface area contributed by atoms with Gasteiger partial charge in [-0.05, 0) is 59.2 Å². The summed E-state index contributed by atoms with van der Waals surface area (Å²) in [7, 11) is 0. The number of allylic oxidation sites excluding steroid dienone is 2. The monoisotopic (exact) mass is 499 g/mol. The fourth-order valence-electron chi connectivity index (χ4n) is 3.55. The maximum absolute atomic E-state index is 13.4. The minimum absolute atomic E-state index is 0.321. The molecule has 0 bridgehead atoms. The van der Waals surface area contributed by atoms with E-state index < -0.39 is 29.4 Å². The molecule has 0 saturated heterocycles. The van der Waals surface area contributed by atoms with Gasteiger partial charge in [0.1, 0.15) is 5.92 Å². The third kappa shape index (κ3) is 6.95. The SMILES string of the molecule is C=CC(=O)NC(c1ccccc1)C(C(=O)C=Cc1ccc(O)c(O)c1)C(=O)C=Cc1ccc(O)c(O)c1. The molecule has 3 aromatic rings. The van der Waals surface area contributed by atoms with Crippen molar-refractivity contribution < 1.29 is 34.8 Å². The molecule has 8 nitrogen and oxygen atoms in total. The third-order valence-corrected chi connectivity index (χ3v) is 5.47. The number of nitrogens with one attached hydrogen (secondary N) is 1. The van der Waals surface area contributed by atoms with Crippen molar-refractivity contribution in [1.29, 1.82) is 0 Å². The quantitative estimate of drug-likeness (QED) is 0.161. The molecule has 0 spiro atoms. The van der Waals surface area contributed by atoms with Gasteiger partial charge >= 0.3 is 0 Å². The first-order valence-corrected chi connectivity index (χ1v) is 11.1. The fourth-order valence-corrected chi connectivity index (χ4v) is 3.55. The van der Waals surface area contributed by atoms with Gasteiger partial charge in [-0.2, -0.15) is 0 Å². The molecule has 3 aromatic carbocycles. The summed E-state index contributed by atoms with van der Waals surface area (Å²) in [4.78, 5) is 39.1. The highest BCUT2D eigenvalue weighted by Crippen LogP contribution is 2.29. The highest BCUT2D eigenvalue weighted by atomic mass is 16.3. The summed E-state index contributed by atoms with van der Waals surface area (Å²) >= 11 is 0. The second kappa shape index (κ2) is 12.0. The Morgan fingerprint density at radius 3 is 1.62 bits per heavy atom. The lowest BCUT2D eigenvalue weighted by Gasteiger charge is -2.25. The van der Waals surface area contributed by atoms with E-state index in [0.717, 1.165) is 18.2 Å². The number of hydrogen-bond acceptors (Lipinski definition) is 7. The number of phenols is 4. The molecule has 188 valence electrons. The predicted molar refractivity (Wildman–Crippen MR) is 139 cm³/mol. The Balaban J connectivity index is 2.02. The molecule has 1 amide bonds. The Morgan fingerprint density at radius 2 is 1.19 bits per heavy atom. The van der Waals surface area contributed by atoms with Crippen LogP contribution in [0.2, 0.25) is 0 Å². The summed E-state index contributed by atoms with van der Waals surface area (Å²) < 4.78 is 0. The Bertz CT molecular complexity index is 1300. The number of ketones is 2. The highest BCUT2D eigenvalue weighted by molar-refractivity contribution is 6.14. The van der Waals surface area contributed by atoms with Crippen molar-refractivity contribution in [2.24, 2.45) is 5.92 Å². The lowest BCUT2D eigenvalue weighted by Crippen LogP contribution is -2.39. The molecule has 37 heavy (non-hydrogen) atoms. The molecule has 0 aliphatic rings. The summed E-state index contributed by atoms with van der Waals surface area (Å²) in [6, 6.07) is 15.4. The van der Waals surface area contributed by atoms with Crippen molar-refractivity contribution in [2.75, 3.05) is 0 Å². The van der Waals surface area contributed by atoms with Crippen molar-refractivity contribution in [2.45, 2.75) is 6.04 Å². The zero-order chi connectivity index (χ0) is 26.9. The average molecular weight is 500 g/mol. The van der Waals surface area contributed by atoms with E-state index in [1.54, 1.807) is 30.3 Å². The van der Waals surface area contributed by atoms with Crippen LogP contribution < -0.4 is 5.32 Å². The maximum atomic E-state index is 13.4. The number of hydrogen-bond donors (Lipinski definition) is 5. The topological polar surface area (TPSA) is 144 Å². The molecule has 1 unspecified atom stereocenters. The first-order valence-electron chi connectivity index (χ1n) is 11.1. The molecule has 0 aliphatic carbocycles. The van der Waals surface area contributed by atoms with Crippen molar-refractivity contribution in [1.82, 2.24) is 5.32 Å². The van der Waals surface area contributed by atoms with E-state index in [1.807, 2.05) is 0 Å². The first-order chi connectivity index (χ1) is 17.7. The van der Waals surface area contributed by atoms with Gasteiger partial charge in [-0.25, -0.2) is 0 Å².